The molecule has 3 amide bonds. The van der Waals surface area contributed by atoms with Gasteiger partial charge in [-0.2, -0.15) is 0 Å². The van der Waals surface area contributed by atoms with Gasteiger partial charge >= 0.3 is 5.97 Å². The first kappa shape index (κ1) is 21.0. The first-order valence-corrected chi connectivity index (χ1v) is 9.39. The number of imide groups is 1. The third kappa shape index (κ3) is 4.83. The van der Waals surface area contributed by atoms with E-state index in [9.17, 15) is 19.2 Å². The Hall–Kier alpha value is -3.68. The van der Waals surface area contributed by atoms with Crippen LogP contribution in [0.3, 0.4) is 0 Å². The molecule has 3 rings (SSSR count). The Kier molecular flexibility index (Phi) is 6.46. The van der Waals surface area contributed by atoms with Crippen LogP contribution < -0.4 is 9.64 Å². The van der Waals surface area contributed by atoms with Gasteiger partial charge in [-0.3, -0.25) is 19.3 Å². The molecule has 0 radical (unpaired) electrons. The van der Waals surface area contributed by atoms with E-state index in [-0.39, 0.29) is 36.1 Å². The summed E-state index contributed by atoms with van der Waals surface area (Å²) in [7, 11) is 3.21. The number of anilines is 1. The minimum atomic E-state index is -0.660. The van der Waals surface area contributed by atoms with Crippen molar-refractivity contribution in [1.82, 2.24) is 4.90 Å². The van der Waals surface area contributed by atoms with E-state index in [4.69, 9.17) is 9.47 Å². The number of methoxy groups -OCH3 is 1. The first-order valence-electron chi connectivity index (χ1n) is 9.39. The normalized spacial score (nSPS) is 13.3. The summed E-state index contributed by atoms with van der Waals surface area (Å²) in [6.45, 7) is -0.0245. The molecule has 0 atom stereocenters. The van der Waals surface area contributed by atoms with E-state index >= 15 is 0 Å². The van der Waals surface area contributed by atoms with Crippen LogP contribution in [0.25, 0.3) is 0 Å². The molecule has 8 heteroatoms. The van der Waals surface area contributed by atoms with Crippen molar-refractivity contribution < 1.29 is 28.7 Å². The van der Waals surface area contributed by atoms with Gasteiger partial charge in [-0.15, -0.1) is 0 Å². The molecule has 0 aliphatic carbocycles. The molecule has 1 aliphatic heterocycles. The number of rotatable bonds is 7. The minimum absolute atomic E-state index is 0.189. The van der Waals surface area contributed by atoms with Gasteiger partial charge in [0.15, 0.2) is 6.61 Å². The predicted octanol–water partition coefficient (Wildman–Crippen LogP) is 2.16. The van der Waals surface area contributed by atoms with Crippen LogP contribution in [0.15, 0.2) is 48.5 Å². The zero-order chi connectivity index (χ0) is 21.7. The highest BCUT2D eigenvalue weighted by Crippen LogP contribution is 2.23. The zero-order valence-corrected chi connectivity index (χ0v) is 16.8. The fourth-order valence-corrected chi connectivity index (χ4v) is 3.02. The van der Waals surface area contributed by atoms with E-state index in [2.05, 4.69) is 0 Å². The van der Waals surface area contributed by atoms with Crippen LogP contribution in [0.4, 0.5) is 5.69 Å². The molecule has 156 valence electrons. The SMILES string of the molecule is COc1ccc(CN(C)C(=O)COC(=O)c2ccc(N3C(=O)CCC3=O)cc2)cc1. The van der Waals surface area contributed by atoms with Crippen molar-refractivity contribution in [2.24, 2.45) is 0 Å². The largest absolute Gasteiger partial charge is 0.497 e. The van der Waals surface area contributed by atoms with Crippen LogP contribution in [0.1, 0.15) is 28.8 Å². The molecule has 2 aromatic rings. The molecule has 0 bridgehead atoms. The Bertz CT molecular complexity index is 937. The maximum absolute atomic E-state index is 12.2. The number of ether oxygens (including phenoxy) is 2. The average molecular weight is 410 g/mol. The fourth-order valence-electron chi connectivity index (χ4n) is 3.02. The molecule has 0 unspecified atom stereocenters. The summed E-state index contributed by atoms with van der Waals surface area (Å²) in [5.41, 5.74) is 1.55. The Morgan fingerprint density at radius 2 is 1.57 bits per heavy atom. The predicted molar refractivity (Wildman–Crippen MR) is 108 cm³/mol. The van der Waals surface area contributed by atoms with E-state index in [1.54, 1.807) is 26.3 Å². The monoisotopic (exact) mass is 410 g/mol. The van der Waals surface area contributed by atoms with Crippen molar-refractivity contribution in [3.8, 4) is 5.75 Å². The number of carbonyl (C=O) groups is 4. The number of nitrogens with zero attached hydrogens (tertiary/aromatic N) is 2. The maximum Gasteiger partial charge on any atom is 0.338 e. The molecule has 0 saturated carbocycles. The molecule has 1 heterocycles. The second-order valence-electron chi connectivity index (χ2n) is 6.84. The molecular weight excluding hydrogens is 388 g/mol. The van der Waals surface area contributed by atoms with Gasteiger partial charge in [0.25, 0.3) is 5.91 Å². The number of likely N-dealkylation sites (N-methyl/N-ethyl adjacent to an activating group) is 1. The Labute approximate surface area is 174 Å². The first-order chi connectivity index (χ1) is 14.4. The summed E-state index contributed by atoms with van der Waals surface area (Å²) < 4.78 is 10.2. The number of benzene rings is 2. The molecule has 1 aliphatic rings. The highest BCUT2D eigenvalue weighted by Gasteiger charge is 2.30. The fraction of sp³-hybridized carbons (Fsp3) is 0.273. The van der Waals surface area contributed by atoms with Crippen LogP contribution in [-0.4, -0.2) is 49.4 Å². The standard InChI is InChI=1S/C22H22N2O6/c1-23(13-15-3-9-18(29-2)10-4-15)21(27)14-30-22(28)16-5-7-17(8-6-16)24-19(25)11-12-20(24)26/h3-10H,11-14H2,1-2H3. The second-order valence-corrected chi connectivity index (χ2v) is 6.84. The zero-order valence-electron chi connectivity index (χ0n) is 16.8. The Morgan fingerprint density at radius 3 is 2.13 bits per heavy atom. The summed E-state index contributed by atoms with van der Waals surface area (Å²) in [5, 5.41) is 0. The molecule has 8 nitrogen and oxygen atoms in total. The third-order valence-corrected chi connectivity index (χ3v) is 4.74. The minimum Gasteiger partial charge on any atom is -0.497 e. The molecule has 1 fully saturated rings. The van der Waals surface area contributed by atoms with Crippen molar-refractivity contribution >= 4 is 29.4 Å². The van der Waals surface area contributed by atoms with Crippen LogP contribution in [0.2, 0.25) is 0 Å². The molecule has 0 aromatic heterocycles. The summed E-state index contributed by atoms with van der Waals surface area (Å²) in [5.74, 6) is -0.802. The lowest BCUT2D eigenvalue weighted by atomic mass is 10.2. The van der Waals surface area contributed by atoms with E-state index in [0.29, 0.717) is 12.2 Å². The molecule has 0 N–H and O–H groups in total. The van der Waals surface area contributed by atoms with E-state index in [1.165, 1.54) is 29.2 Å². The van der Waals surface area contributed by atoms with Gasteiger partial charge in [0.1, 0.15) is 5.75 Å². The Balaban J connectivity index is 1.52. The second kappa shape index (κ2) is 9.21. The summed E-state index contributed by atoms with van der Waals surface area (Å²) in [6.07, 6.45) is 0.379. The molecule has 0 spiro atoms. The van der Waals surface area contributed by atoms with Crippen molar-refractivity contribution in [1.29, 1.82) is 0 Å². The third-order valence-electron chi connectivity index (χ3n) is 4.74. The van der Waals surface area contributed by atoms with Crippen LogP contribution >= 0.6 is 0 Å². The number of hydrogen-bond donors (Lipinski definition) is 0. The summed E-state index contributed by atoms with van der Waals surface area (Å²) in [6, 6.07) is 13.3. The van der Waals surface area contributed by atoms with Crippen molar-refractivity contribution in [2.45, 2.75) is 19.4 Å². The number of carbonyl (C=O) groups excluding carboxylic acids is 4. The molecule has 30 heavy (non-hydrogen) atoms. The van der Waals surface area contributed by atoms with Gasteiger partial charge in [0.2, 0.25) is 11.8 Å². The average Bonchev–Trinajstić information content (AvgIpc) is 3.10. The summed E-state index contributed by atoms with van der Waals surface area (Å²) >= 11 is 0. The highest BCUT2D eigenvalue weighted by molar-refractivity contribution is 6.19. The van der Waals surface area contributed by atoms with Gasteiger partial charge in [0.05, 0.1) is 18.4 Å². The quantitative estimate of drug-likeness (QED) is 0.513. The molecule has 2 aromatic carbocycles. The van der Waals surface area contributed by atoms with Gasteiger partial charge < -0.3 is 14.4 Å². The van der Waals surface area contributed by atoms with Gasteiger partial charge in [-0.05, 0) is 42.0 Å². The van der Waals surface area contributed by atoms with Crippen molar-refractivity contribution in [3.63, 3.8) is 0 Å². The Morgan fingerprint density at radius 1 is 0.967 bits per heavy atom. The lowest BCUT2D eigenvalue weighted by Crippen LogP contribution is -2.31. The lowest BCUT2D eigenvalue weighted by Gasteiger charge is -2.17. The van der Waals surface area contributed by atoms with E-state index in [1.807, 2.05) is 12.1 Å². The molecular formula is C22H22N2O6. The van der Waals surface area contributed by atoms with Crippen molar-refractivity contribution in [3.05, 3.63) is 59.7 Å². The lowest BCUT2D eigenvalue weighted by molar-refractivity contribution is -0.133. The van der Waals surface area contributed by atoms with Crippen LogP contribution in [-0.2, 0) is 25.7 Å². The van der Waals surface area contributed by atoms with Crippen LogP contribution in [0, 0.1) is 0 Å². The van der Waals surface area contributed by atoms with Gasteiger partial charge in [0, 0.05) is 26.4 Å². The topological polar surface area (TPSA) is 93.2 Å². The van der Waals surface area contributed by atoms with Crippen LogP contribution in [0.5, 0.6) is 5.75 Å². The summed E-state index contributed by atoms with van der Waals surface area (Å²) in [4.78, 5) is 50.6. The van der Waals surface area contributed by atoms with E-state index in [0.717, 1.165) is 16.2 Å². The van der Waals surface area contributed by atoms with E-state index < -0.39 is 12.6 Å². The van der Waals surface area contributed by atoms with Crippen molar-refractivity contribution in [2.75, 3.05) is 25.7 Å². The number of amides is 3. The van der Waals surface area contributed by atoms with Gasteiger partial charge in [-0.25, -0.2) is 4.79 Å². The van der Waals surface area contributed by atoms with Gasteiger partial charge in [-0.1, -0.05) is 12.1 Å². The smallest absolute Gasteiger partial charge is 0.338 e. The number of hydrogen-bond acceptors (Lipinski definition) is 6. The highest BCUT2D eigenvalue weighted by atomic mass is 16.5. The maximum atomic E-state index is 12.2. The number of esters is 1. The molecule has 1 saturated heterocycles.